The lowest BCUT2D eigenvalue weighted by Crippen LogP contribution is -2.38. The molecule has 1 saturated carbocycles. The summed E-state index contributed by atoms with van der Waals surface area (Å²) in [5.74, 6) is -1.12. The predicted molar refractivity (Wildman–Crippen MR) is 69.1 cm³/mol. The molecule has 19 heavy (non-hydrogen) atoms. The van der Waals surface area contributed by atoms with Crippen molar-refractivity contribution >= 4 is 16.0 Å². The molecule has 6 nitrogen and oxygen atoms in total. The average Bonchev–Trinajstić information content (AvgIpc) is 2.77. The van der Waals surface area contributed by atoms with E-state index in [4.69, 9.17) is 5.11 Å². The first-order chi connectivity index (χ1) is 8.88. The van der Waals surface area contributed by atoms with Crippen LogP contribution in [0.25, 0.3) is 0 Å². The van der Waals surface area contributed by atoms with Gasteiger partial charge < -0.3 is 9.67 Å². The third kappa shape index (κ3) is 3.36. The Morgan fingerprint density at radius 2 is 2.00 bits per heavy atom. The molecule has 0 atom stereocenters. The molecular weight excluding hydrogens is 268 g/mol. The highest BCUT2D eigenvalue weighted by atomic mass is 32.2. The lowest BCUT2D eigenvalue weighted by Gasteiger charge is -2.26. The highest BCUT2D eigenvalue weighted by molar-refractivity contribution is 7.89. The molecule has 2 rings (SSSR count). The number of hydrogen-bond acceptors (Lipinski definition) is 3. The second-order valence-corrected chi connectivity index (χ2v) is 6.73. The summed E-state index contributed by atoms with van der Waals surface area (Å²) >= 11 is 0. The van der Waals surface area contributed by atoms with Gasteiger partial charge in [0.2, 0.25) is 10.0 Å². The normalized spacial score (nSPS) is 24.3. The maximum atomic E-state index is 12.1. The van der Waals surface area contributed by atoms with E-state index in [-0.39, 0.29) is 16.9 Å². The Bertz CT molecular complexity index is 556. The number of sulfonamides is 1. The highest BCUT2D eigenvalue weighted by Gasteiger charge is 2.28. The molecule has 0 aromatic carbocycles. The Morgan fingerprint density at radius 1 is 1.37 bits per heavy atom. The van der Waals surface area contributed by atoms with Crippen LogP contribution in [-0.2, 0) is 21.9 Å². The van der Waals surface area contributed by atoms with Gasteiger partial charge in [-0.1, -0.05) is 0 Å². The Hall–Kier alpha value is -1.34. The molecule has 0 unspecified atom stereocenters. The van der Waals surface area contributed by atoms with Crippen molar-refractivity contribution in [2.75, 3.05) is 0 Å². The van der Waals surface area contributed by atoms with Crippen molar-refractivity contribution < 1.29 is 18.3 Å². The summed E-state index contributed by atoms with van der Waals surface area (Å²) < 4.78 is 28.5. The molecule has 1 heterocycles. The van der Waals surface area contributed by atoms with Crippen LogP contribution in [0.15, 0.2) is 23.4 Å². The van der Waals surface area contributed by atoms with Crippen molar-refractivity contribution in [3.05, 3.63) is 18.5 Å². The summed E-state index contributed by atoms with van der Waals surface area (Å²) in [6.07, 6.45) is 5.42. The Labute approximate surface area is 112 Å². The number of nitrogens with one attached hydrogen (secondary N) is 1. The Morgan fingerprint density at radius 3 is 2.47 bits per heavy atom. The van der Waals surface area contributed by atoms with Crippen molar-refractivity contribution in [3.8, 4) is 0 Å². The number of aryl methyl sites for hydroxylation is 1. The van der Waals surface area contributed by atoms with Crippen molar-refractivity contribution in [1.29, 1.82) is 0 Å². The average molecular weight is 286 g/mol. The third-order valence-electron chi connectivity index (χ3n) is 3.51. The van der Waals surface area contributed by atoms with Gasteiger partial charge in [-0.3, -0.25) is 4.79 Å². The van der Waals surface area contributed by atoms with Crippen LogP contribution in [0.2, 0.25) is 0 Å². The summed E-state index contributed by atoms with van der Waals surface area (Å²) in [4.78, 5) is 11.1. The molecule has 106 valence electrons. The van der Waals surface area contributed by atoms with Crippen LogP contribution in [0, 0.1) is 5.92 Å². The van der Waals surface area contributed by atoms with E-state index < -0.39 is 16.0 Å². The van der Waals surface area contributed by atoms with Crippen LogP contribution in [0.3, 0.4) is 0 Å². The lowest BCUT2D eigenvalue weighted by molar-refractivity contribution is -0.142. The fourth-order valence-corrected chi connectivity index (χ4v) is 3.74. The molecule has 0 saturated heterocycles. The molecule has 0 radical (unpaired) electrons. The second kappa shape index (κ2) is 5.34. The minimum atomic E-state index is -3.50. The van der Waals surface area contributed by atoms with Gasteiger partial charge in [0, 0.05) is 25.5 Å². The van der Waals surface area contributed by atoms with Crippen molar-refractivity contribution in [2.45, 2.75) is 36.6 Å². The van der Waals surface area contributed by atoms with Gasteiger partial charge in [-0.2, -0.15) is 0 Å². The minimum Gasteiger partial charge on any atom is -0.481 e. The van der Waals surface area contributed by atoms with Gasteiger partial charge in [-0.15, -0.1) is 0 Å². The first-order valence-electron chi connectivity index (χ1n) is 6.25. The summed E-state index contributed by atoms with van der Waals surface area (Å²) in [6, 6.07) is 1.38. The molecule has 1 aromatic heterocycles. The molecule has 1 aliphatic carbocycles. The standard InChI is InChI=1S/C12H18N2O4S/c1-14-7-6-11(8-14)19(17,18)13-10-4-2-9(3-5-10)12(15)16/h6-10,13H,2-5H2,1H3,(H,15,16). The molecule has 1 fully saturated rings. The van der Waals surface area contributed by atoms with Crippen LogP contribution in [-0.4, -0.2) is 30.1 Å². The number of aromatic nitrogens is 1. The van der Waals surface area contributed by atoms with Gasteiger partial charge >= 0.3 is 5.97 Å². The number of aliphatic carboxylic acids is 1. The van der Waals surface area contributed by atoms with E-state index in [1.165, 1.54) is 0 Å². The van der Waals surface area contributed by atoms with Crippen LogP contribution >= 0.6 is 0 Å². The quantitative estimate of drug-likeness (QED) is 0.862. The molecule has 0 bridgehead atoms. The third-order valence-corrected chi connectivity index (χ3v) is 5.02. The topological polar surface area (TPSA) is 88.4 Å². The van der Waals surface area contributed by atoms with Crippen LogP contribution in [0.1, 0.15) is 25.7 Å². The van der Waals surface area contributed by atoms with Crippen LogP contribution in [0.5, 0.6) is 0 Å². The smallest absolute Gasteiger partial charge is 0.306 e. The van der Waals surface area contributed by atoms with Gasteiger partial charge in [0.15, 0.2) is 0 Å². The molecule has 0 spiro atoms. The number of rotatable bonds is 4. The van der Waals surface area contributed by atoms with Gasteiger partial charge in [-0.05, 0) is 31.7 Å². The summed E-state index contributed by atoms with van der Waals surface area (Å²) in [6.45, 7) is 0. The molecule has 2 N–H and O–H groups in total. The van der Waals surface area contributed by atoms with E-state index >= 15 is 0 Å². The summed E-state index contributed by atoms with van der Waals surface area (Å²) in [7, 11) is -1.73. The Balaban J connectivity index is 1.97. The van der Waals surface area contributed by atoms with Crippen LogP contribution < -0.4 is 4.72 Å². The van der Waals surface area contributed by atoms with Gasteiger partial charge in [0.1, 0.15) is 0 Å². The molecule has 1 aromatic rings. The monoisotopic (exact) mass is 286 g/mol. The van der Waals surface area contributed by atoms with Gasteiger partial charge in [-0.25, -0.2) is 13.1 Å². The van der Waals surface area contributed by atoms with Crippen molar-refractivity contribution in [1.82, 2.24) is 9.29 Å². The van der Waals surface area contributed by atoms with Crippen molar-refractivity contribution in [2.24, 2.45) is 13.0 Å². The van der Waals surface area contributed by atoms with Crippen molar-refractivity contribution in [3.63, 3.8) is 0 Å². The molecule has 0 amide bonds. The van der Waals surface area contributed by atoms with E-state index in [2.05, 4.69) is 4.72 Å². The Kier molecular flexibility index (Phi) is 3.96. The molecular formula is C12H18N2O4S. The minimum absolute atomic E-state index is 0.166. The SMILES string of the molecule is Cn1ccc(S(=O)(=O)NC2CCC(C(=O)O)CC2)c1. The zero-order valence-electron chi connectivity index (χ0n) is 10.7. The zero-order chi connectivity index (χ0) is 14.0. The lowest BCUT2D eigenvalue weighted by atomic mass is 9.87. The van der Waals surface area contributed by atoms with Gasteiger partial charge in [0.05, 0.1) is 10.8 Å². The number of carboxylic acid groups (broad SMARTS) is 1. The van der Waals surface area contributed by atoms with E-state index in [0.29, 0.717) is 25.7 Å². The van der Waals surface area contributed by atoms with E-state index in [1.807, 2.05) is 0 Å². The number of hydrogen-bond donors (Lipinski definition) is 2. The largest absolute Gasteiger partial charge is 0.481 e. The van der Waals surface area contributed by atoms with E-state index in [0.717, 1.165) is 0 Å². The van der Waals surface area contributed by atoms with Gasteiger partial charge in [0.25, 0.3) is 0 Å². The van der Waals surface area contributed by atoms with Crippen LogP contribution in [0.4, 0.5) is 0 Å². The number of carbonyl (C=O) groups is 1. The molecule has 0 aliphatic heterocycles. The fourth-order valence-electron chi connectivity index (χ4n) is 2.38. The number of nitrogens with zero attached hydrogens (tertiary/aromatic N) is 1. The van der Waals surface area contributed by atoms with E-state index in [9.17, 15) is 13.2 Å². The molecule has 1 aliphatic rings. The zero-order valence-corrected chi connectivity index (χ0v) is 11.6. The summed E-state index contributed by atoms with van der Waals surface area (Å²) in [5.41, 5.74) is 0. The first kappa shape index (κ1) is 14.1. The fraction of sp³-hybridized carbons (Fsp3) is 0.583. The first-order valence-corrected chi connectivity index (χ1v) is 7.74. The second-order valence-electron chi connectivity index (χ2n) is 5.02. The highest BCUT2D eigenvalue weighted by Crippen LogP contribution is 2.25. The number of carboxylic acids is 1. The van der Waals surface area contributed by atoms with E-state index in [1.54, 1.807) is 30.1 Å². The maximum absolute atomic E-state index is 12.1. The maximum Gasteiger partial charge on any atom is 0.306 e. The molecule has 7 heteroatoms. The predicted octanol–water partition coefficient (Wildman–Crippen LogP) is 0.947. The summed E-state index contributed by atoms with van der Waals surface area (Å²) in [5, 5.41) is 8.90.